The SMILES string of the molecule is c1ccc(SCCN2CC3CCC(C2)O3)cc1. The van der Waals surface area contributed by atoms with E-state index in [1.807, 2.05) is 11.8 Å². The van der Waals surface area contributed by atoms with Crippen molar-refractivity contribution < 1.29 is 4.74 Å². The minimum atomic E-state index is 0.524. The first-order chi connectivity index (χ1) is 8.40. The Morgan fingerprint density at radius 2 is 1.82 bits per heavy atom. The Balaban J connectivity index is 1.43. The molecule has 1 aromatic rings. The van der Waals surface area contributed by atoms with E-state index in [-0.39, 0.29) is 0 Å². The van der Waals surface area contributed by atoms with Crippen molar-refractivity contribution in [3.63, 3.8) is 0 Å². The molecule has 2 atom stereocenters. The van der Waals surface area contributed by atoms with Gasteiger partial charge in [-0.05, 0) is 25.0 Å². The molecule has 2 aliphatic rings. The Kier molecular flexibility index (Phi) is 3.69. The summed E-state index contributed by atoms with van der Waals surface area (Å²) < 4.78 is 5.84. The largest absolute Gasteiger partial charge is 0.372 e. The summed E-state index contributed by atoms with van der Waals surface area (Å²) >= 11 is 1.95. The highest BCUT2D eigenvalue weighted by molar-refractivity contribution is 7.99. The van der Waals surface area contributed by atoms with E-state index in [9.17, 15) is 0 Å². The molecule has 0 spiro atoms. The van der Waals surface area contributed by atoms with Crippen LogP contribution >= 0.6 is 11.8 Å². The second-order valence-corrected chi connectivity index (χ2v) is 6.05. The molecule has 2 unspecified atom stereocenters. The van der Waals surface area contributed by atoms with Gasteiger partial charge in [-0.15, -0.1) is 11.8 Å². The number of thioether (sulfide) groups is 1. The van der Waals surface area contributed by atoms with Gasteiger partial charge in [0.1, 0.15) is 0 Å². The van der Waals surface area contributed by atoms with Gasteiger partial charge in [0.25, 0.3) is 0 Å². The quantitative estimate of drug-likeness (QED) is 0.761. The molecule has 2 heterocycles. The van der Waals surface area contributed by atoms with Crippen molar-refractivity contribution in [1.82, 2.24) is 4.90 Å². The summed E-state index contributed by atoms with van der Waals surface area (Å²) in [6, 6.07) is 10.7. The van der Waals surface area contributed by atoms with Crippen LogP contribution in [0, 0.1) is 0 Å². The smallest absolute Gasteiger partial charge is 0.0707 e. The van der Waals surface area contributed by atoms with Gasteiger partial charge in [-0.25, -0.2) is 0 Å². The molecule has 0 saturated carbocycles. The van der Waals surface area contributed by atoms with Crippen LogP contribution in [0.4, 0.5) is 0 Å². The third-order valence-corrected chi connectivity index (χ3v) is 4.53. The lowest BCUT2D eigenvalue weighted by Gasteiger charge is -2.31. The van der Waals surface area contributed by atoms with E-state index >= 15 is 0 Å². The van der Waals surface area contributed by atoms with Gasteiger partial charge < -0.3 is 4.74 Å². The van der Waals surface area contributed by atoms with Crippen LogP contribution in [-0.4, -0.2) is 42.5 Å². The van der Waals surface area contributed by atoms with Gasteiger partial charge in [-0.2, -0.15) is 0 Å². The number of nitrogens with zero attached hydrogens (tertiary/aromatic N) is 1. The van der Waals surface area contributed by atoms with E-state index in [1.165, 1.54) is 30.0 Å². The fourth-order valence-electron chi connectivity index (χ4n) is 2.69. The summed E-state index contributed by atoms with van der Waals surface area (Å²) in [5.74, 6) is 1.18. The molecule has 0 aliphatic carbocycles. The number of likely N-dealkylation sites (tertiary alicyclic amines) is 1. The fraction of sp³-hybridized carbons (Fsp3) is 0.571. The normalized spacial score (nSPS) is 28.5. The maximum atomic E-state index is 5.84. The number of morpholine rings is 1. The van der Waals surface area contributed by atoms with Gasteiger partial charge >= 0.3 is 0 Å². The van der Waals surface area contributed by atoms with Crippen molar-refractivity contribution in [2.75, 3.05) is 25.4 Å². The van der Waals surface area contributed by atoms with E-state index in [4.69, 9.17) is 4.74 Å². The van der Waals surface area contributed by atoms with Crippen LogP contribution < -0.4 is 0 Å². The zero-order chi connectivity index (χ0) is 11.5. The Hall–Kier alpha value is -0.510. The first-order valence-corrected chi connectivity index (χ1v) is 7.44. The summed E-state index contributed by atoms with van der Waals surface area (Å²) in [5, 5.41) is 0. The number of hydrogen-bond donors (Lipinski definition) is 0. The molecular weight excluding hydrogens is 230 g/mol. The second-order valence-electron chi connectivity index (χ2n) is 4.88. The van der Waals surface area contributed by atoms with Crippen molar-refractivity contribution in [3.05, 3.63) is 30.3 Å². The minimum Gasteiger partial charge on any atom is -0.372 e. The van der Waals surface area contributed by atoms with Crippen LogP contribution in [0.15, 0.2) is 35.2 Å². The summed E-state index contributed by atoms with van der Waals surface area (Å²) in [6.45, 7) is 3.48. The minimum absolute atomic E-state index is 0.524. The zero-order valence-corrected chi connectivity index (χ0v) is 10.9. The standard InChI is InChI=1S/C14H19NOS/c1-2-4-14(5-3-1)17-9-8-15-10-12-6-7-13(11-15)16-12/h1-5,12-13H,6-11H2. The second kappa shape index (κ2) is 5.42. The molecule has 0 aromatic heterocycles. The molecule has 2 saturated heterocycles. The number of benzene rings is 1. The molecule has 2 nitrogen and oxygen atoms in total. The zero-order valence-electron chi connectivity index (χ0n) is 10.0. The van der Waals surface area contributed by atoms with Crippen LogP contribution in [0.1, 0.15) is 12.8 Å². The summed E-state index contributed by atoms with van der Waals surface area (Å²) in [4.78, 5) is 3.95. The summed E-state index contributed by atoms with van der Waals surface area (Å²) in [6.07, 6.45) is 3.59. The average molecular weight is 249 g/mol. The highest BCUT2D eigenvalue weighted by atomic mass is 32.2. The van der Waals surface area contributed by atoms with Crippen molar-refractivity contribution >= 4 is 11.8 Å². The highest BCUT2D eigenvalue weighted by Crippen LogP contribution is 2.26. The first kappa shape index (κ1) is 11.6. The number of rotatable bonds is 4. The van der Waals surface area contributed by atoms with E-state index < -0.39 is 0 Å². The predicted molar refractivity (Wildman–Crippen MR) is 71.5 cm³/mol. The lowest BCUT2D eigenvalue weighted by atomic mass is 10.2. The van der Waals surface area contributed by atoms with E-state index in [1.54, 1.807) is 0 Å². The van der Waals surface area contributed by atoms with Crippen molar-refractivity contribution in [2.24, 2.45) is 0 Å². The number of fused-ring (bicyclic) bond motifs is 2. The van der Waals surface area contributed by atoms with Crippen LogP contribution in [0.25, 0.3) is 0 Å². The maximum Gasteiger partial charge on any atom is 0.0707 e. The molecule has 2 bridgehead atoms. The molecule has 3 heteroatoms. The monoisotopic (exact) mass is 249 g/mol. The molecule has 3 rings (SSSR count). The third-order valence-electron chi connectivity index (χ3n) is 3.54. The number of hydrogen-bond acceptors (Lipinski definition) is 3. The topological polar surface area (TPSA) is 12.5 Å². The van der Waals surface area contributed by atoms with Crippen LogP contribution in [0.2, 0.25) is 0 Å². The van der Waals surface area contributed by atoms with E-state index in [0.29, 0.717) is 12.2 Å². The Morgan fingerprint density at radius 1 is 1.12 bits per heavy atom. The third kappa shape index (κ3) is 3.03. The van der Waals surface area contributed by atoms with Gasteiger partial charge in [0.05, 0.1) is 12.2 Å². The summed E-state index contributed by atoms with van der Waals surface area (Å²) in [5.41, 5.74) is 0. The molecule has 17 heavy (non-hydrogen) atoms. The molecule has 92 valence electrons. The molecule has 0 N–H and O–H groups in total. The van der Waals surface area contributed by atoms with Crippen LogP contribution in [0.3, 0.4) is 0 Å². The van der Waals surface area contributed by atoms with Crippen LogP contribution in [0.5, 0.6) is 0 Å². The molecule has 0 radical (unpaired) electrons. The Labute approximate surface area is 107 Å². The molecule has 0 amide bonds. The molecular formula is C14H19NOS. The van der Waals surface area contributed by atoms with Gasteiger partial charge in [-0.3, -0.25) is 4.90 Å². The van der Waals surface area contributed by atoms with Crippen molar-refractivity contribution in [3.8, 4) is 0 Å². The lowest BCUT2D eigenvalue weighted by Crippen LogP contribution is -2.43. The maximum absolute atomic E-state index is 5.84. The molecule has 2 fully saturated rings. The molecule has 2 aliphatic heterocycles. The predicted octanol–water partition coefficient (Wildman–Crippen LogP) is 2.64. The van der Waals surface area contributed by atoms with Gasteiger partial charge in [0.2, 0.25) is 0 Å². The van der Waals surface area contributed by atoms with Gasteiger partial charge in [0.15, 0.2) is 0 Å². The Morgan fingerprint density at radius 3 is 2.53 bits per heavy atom. The Bertz CT molecular complexity index is 344. The molecule has 1 aromatic carbocycles. The van der Waals surface area contributed by atoms with E-state index in [2.05, 4.69) is 35.2 Å². The fourth-order valence-corrected chi connectivity index (χ4v) is 3.63. The highest BCUT2D eigenvalue weighted by Gasteiger charge is 2.33. The first-order valence-electron chi connectivity index (χ1n) is 6.46. The van der Waals surface area contributed by atoms with Crippen molar-refractivity contribution in [1.29, 1.82) is 0 Å². The lowest BCUT2D eigenvalue weighted by molar-refractivity contribution is -0.0360. The van der Waals surface area contributed by atoms with Crippen molar-refractivity contribution in [2.45, 2.75) is 29.9 Å². The average Bonchev–Trinajstić information content (AvgIpc) is 2.70. The number of ether oxygens (including phenoxy) is 1. The van der Waals surface area contributed by atoms with Gasteiger partial charge in [0, 0.05) is 30.3 Å². The summed E-state index contributed by atoms with van der Waals surface area (Å²) in [7, 11) is 0. The van der Waals surface area contributed by atoms with Gasteiger partial charge in [-0.1, -0.05) is 18.2 Å². The van der Waals surface area contributed by atoms with Crippen LogP contribution in [-0.2, 0) is 4.74 Å². The van der Waals surface area contributed by atoms with E-state index in [0.717, 1.165) is 13.1 Å².